The van der Waals surface area contributed by atoms with Crippen LogP contribution in [-0.2, 0) is 6.61 Å². The van der Waals surface area contributed by atoms with E-state index in [-0.39, 0.29) is 25.1 Å². The third-order valence-electron chi connectivity index (χ3n) is 7.30. The minimum atomic E-state index is -1.55. The number of hydrogen-bond donors (Lipinski definition) is 1. The molecule has 0 radical (unpaired) electrons. The van der Waals surface area contributed by atoms with Gasteiger partial charge in [0.05, 0.1) is 35.9 Å². The van der Waals surface area contributed by atoms with Crippen LogP contribution < -0.4 is 14.8 Å². The number of aromatic nitrogens is 2. The van der Waals surface area contributed by atoms with E-state index in [1.54, 1.807) is 36.4 Å². The molecule has 0 atom stereocenters. The Morgan fingerprint density at radius 2 is 1.82 bits per heavy atom. The van der Waals surface area contributed by atoms with Gasteiger partial charge < -0.3 is 14.8 Å². The first-order valence-corrected chi connectivity index (χ1v) is 13.0. The molecular weight excluding hydrogens is 521 g/mol. The van der Waals surface area contributed by atoms with Gasteiger partial charge in [-0.15, -0.1) is 0 Å². The highest BCUT2D eigenvalue weighted by molar-refractivity contribution is 5.94. The second-order valence-electron chi connectivity index (χ2n) is 9.88. The fraction of sp³-hybridized carbons (Fsp3) is 0.300. The molecular formula is C30H27F3N4O3. The van der Waals surface area contributed by atoms with Crippen molar-refractivity contribution < 1.29 is 27.4 Å². The van der Waals surface area contributed by atoms with Gasteiger partial charge in [0.25, 0.3) is 5.91 Å². The van der Waals surface area contributed by atoms with Crippen LogP contribution in [-0.4, -0.2) is 29.3 Å². The molecule has 0 unspecified atom stereocenters. The quantitative estimate of drug-likeness (QED) is 0.270. The van der Waals surface area contributed by atoms with E-state index >= 15 is 0 Å². The summed E-state index contributed by atoms with van der Waals surface area (Å²) in [5.41, 5.74) is 1.22. The number of carbonyl (C=O) groups is 1. The van der Waals surface area contributed by atoms with Crippen molar-refractivity contribution in [2.24, 2.45) is 5.92 Å². The fourth-order valence-corrected chi connectivity index (χ4v) is 4.99. The van der Waals surface area contributed by atoms with Crippen LogP contribution in [0.15, 0.2) is 54.7 Å². The SMILES string of the molecule is COc1ccc(COc2c(F)cc(C(=O)NCC3CCC(n4cc5ccc(C#N)cc5n4)CC3)c(F)c2F)cc1. The molecule has 1 heterocycles. The summed E-state index contributed by atoms with van der Waals surface area (Å²) in [6.07, 6.45) is 5.23. The van der Waals surface area contributed by atoms with Crippen LogP contribution in [0, 0.1) is 34.7 Å². The summed E-state index contributed by atoms with van der Waals surface area (Å²) in [5.74, 6) is -5.18. The van der Waals surface area contributed by atoms with E-state index in [4.69, 9.17) is 14.7 Å². The van der Waals surface area contributed by atoms with Gasteiger partial charge in [0.1, 0.15) is 12.4 Å². The lowest BCUT2D eigenvalue weighted by molar-refractivity contribution is 0.0935. The highest BCUT2D eigenvalue weighted by atomic mass is 19.2. The maximum absolute atomic E-state index is 14.7. The molecule has 1 amide bonds. The fourth-order valence-electron chi connectivity index (χ4n) is 4.99. The largest absolute Gasteiger partial charge is 0.497 e. The summed E-state index contributed by atoms with van der Waals surface area (Å²) in [7, 11) is 1.51. The smallest absolute Gasteiger partial charge is 0.254 e. The standard InChI is InChI=1S/C30H27F3N4O3/c1-39-23-10-5-19(6-11-23)17-40-29-25(31)13-24(27(32)28(29)33)30(38)35-15-18-3-8-22(9-4-18)37-16-21-7-2-20(14-34)12-26(21)36-37/h2,5-7,10-13,16,18,22H,3-4,8-9,15,17H2,1H3,(H,35,38). The maximum Gasteiger partial charge on any atom is 0.254 e. The van der Waals surface area contributed by atoms with Crippen molar-refractivity contribution in [1.29, 1.82) is 5.26 Å². The van der Waals surface area contributed by atoms with Gasteiger partial charge >= 0.3 is 0 Å². The van der Waals surface area contributed by atoms with Gasteiger partial charge in [-0.3, -0.25) is 9.48 Å². The van der Waals surface area contributed by atoms with Crippen molar-refractivity contribution in [3.05, 3.63) is 88.9 Å². The number of ether oxygens (including phenoxy) is 2. The summed E-state index contributed by atoms with van der Waals surface area (Å²) < 4.78 is 56.2. The first-order valence-electron chi connectivity index (χ1n) is 13.0. The molecule has 10 heteroatoms. The van der Waals surface area contributed by atoms with Crippen molar-refractivity contribution in [2.45, 2.75) is 38.3 Å². The van der Waals surface area contributed by atoms with Crippen LogP contribution in [0.25, 0.3) is 10.9 Å². The van der Waals surface area contributed by atoms with Gasteiger partial charge in [0.15, 0.2) is 17.4 Å². The average molecular weight is 549 g/mol. The highest BCUT2D eigenvalue weighted by Gasteiger charge is 2.27. The van der Waals surface area contributed by atoms with E-state index < -0.39 is 34.7 Å². The first kappa shape index (κ1) is 27.1. The zero-order chi connectivity index (χ0) is 28.2. The number of carbonyl (C=O) groups excluding carboxylic acids is 1. The third kappa shape index (κ3) is 5.73. The van der Waals surface area contributed by atoms with E-state index in [1.165, 1.54) is 7.11 Å². The first-order chi connectivity index (χ1) is 19.4. The summed E-state index contributed by atoms with van der Waals surface area (Å²) in [6.45, 7) is 0.0670. The maximum atomic E-state index is 14.7. The van der Waals surface area contributed by atoms with E-state index in [9.17, 15) is 18.0 Å². The zero-order valence-electron chi connectivity index (χ0n) is 21.8. The Kier molecular flexibility index (Phi) is 7.91. The monoisotopic (exact) mass is 548 g/mol. The van der Waals surface area contributed by atoms with Gasteiger partial charge in [-0.2, -0.15) is 14.8 Å². The Morgan fingerprint density at radius 3 is 2.52 bits per heavy atom. The summed E-state index contributed by atoms with van der Waals surface area (Å²) in [5, 5.41) is 17.3. The topological polar surface area (TPSA) is 89.2 Å². The minimum Gasteiger partial charge on any atom is -0.497 e. The molecule has 40 heavy (non-hydrogen) atoms. The Balaban J connectivity index is 1.15. The molecule has 1 saturated carbocycles. The van der Waals surface area contributed by atoms with Crippen molar-refractivity contribution in [1.82, 2.24) is 15.1 Å². The number of hydrogen-bond acceptors (Lipinski definition) is 5. The molecule has 0 bridgehead atoms. The summed E-state index contributed by atoms with van der Waals surface area (Å²) in [6, 6.07) is 15.0. The van der Waals surface area contributed by atoms with Gasteiger partial charge in [0, 0.05) is 18.1 Å². The predicted molar refractivity (Wildman–Crippen MR) is 141 cm³/mol. The Morgan fingerprint density at radius 1 is 1.07 bits per heavy atom. The summed E-state index contributed by atoms with van der Waals surface area (Å²) >= 11 is 0. The van der Waals surface area contributed by atoms with E-state index in [0.717, 1.165) is 36.6 Å². The molecule has 5 rings (SSSR count). The molecule has 1 aromatic heterocycles. The lowest BCUT2D eigenvalue weighted by Gasteiger charge is -2.28. The second-order valence-corrected chi connectivity index (χ2v) is 9.88. The van der Waals surface area contributed by atoms with E-state index in [0.29, 0.717) is 22.9 Å². The van der Waals surface area contributed by atoms with E-state index in [1.807, 2.05) is 16.9 Å². The van der Waals surface area contributed by atoms with Gasteiger partial charge in [0.2, 0.25) is 5.82 Å². The Bertz CT molecular complexity index is 1570. The molecule has 1 aliphatic rings. The highest BCUT2D eigenvalue weighted by Crippen LogP contribution is 2.33. The molecule has 3 aromatic carbocycles. The number of fused-ring (bicyclic) bond motifs is 1. The van der Waals surface area contributed by atoms with Gasteiger partial charge in [-0.05, 0) is 73.6 Å². The Hall–Kier alpha value is -4.52. The zero-order valence-corrected chi connectivity index (χ0v) is 21.8. The second kappa shape index (κ2) is 11.7. The lowest BCUT2D eigenvalue weighted by atomic mass is 9.86. The number of methoxy groups -OCH3 is 1. The van der Waals surface area contributed by atoms with Crippen LogP contribution in [0.5, 0.6) is 11.5 Å². The number of nitrogens with zero attached hydrogens (tertiary/aromatic N) is 3. The van der Waals surface area contributed by atoms with Crippen LogP contribution in [0.1, 0.15) is 53.2 Å². The van der Waals surface area contributed by atoms with Crippen LogP contribution >= 0.6 is 0 Å². The van der Waals surface area contributed by atoms with Crippen molar-refractivity contribution in [3.63, 3.8) is 0 Å². The third-order valence-corrected chi connectivity index (χ3v) is 7.30. The number of benzene rings is 3. The van der Waals surface area contributed by atoms with Crippen LogP contribution in [0.2, 0.25) is 0 Å². The normalized spacial score (nSPS) is 16.9. The molecule has 4 aromatic rings. The lowest BCUT2D eigenvalue weighted by Crippen LogP contribution is -2.32. The van der Waals surface area contributed by atoms with E-state index in [2.05, 4.69) is 16.5 Å². The molecule has 206 valence electrons. The Labute approximate surface area is 229 Å². The molecule has 0 aliphatic heterocycles. The van der Waals surface area contributed by atoms with Gasteiger partial charge in [-0.25, -0.2) is 8.78 Å². The molecule has 7 nitrogen and oxygen atoms in total. The molecule has 1 N–H and O–H groups in total. The van der Waals surface area contributed by atoms with Crippen molar-refractivity contribution in [3.8, 4) is 17.6 Å². The van der Waals surface area contributed by atoms with Crippen LogP contribution in [0.3, 0.4) is 0 Å². The molecule has 1 fully saturated rings. The number of nitriles is 1. The number of nitrogens with one attached hydrogen (secondary N) is 1. The molecule has 1 aliphatic carbocycles. The number of rotatable bonds is 8. The van der Waals surface area contributed by atoms with Crippen molar-refractivity contribution >= 4 is 16.8 Å². The number of halogens is 3. The van der Waals surface area contributed by atoms with Gasteiger partial charge in [-0.1, -0.05) is 12.1 Å². The summed E-state index contributed by atoms with van der Waals surface area (Å²) in [4.78, 5) is 12.6. The molecule has 0 spiro atoms. The van der Waals surface area contributed by atoms with Crippen molar-refractivity contribution in [2.75, 3.05) is 13.7 Å². The minimum absolute atomic E-state index is 0.139. The molecule has 0 saturated heterocycles. The van der Waals surface area contributed by atoms with Crippen LogP contribution in [0.4, 0.5) is 13.2 Å². The number of amides is 1. The predicted octanol–water partition coefficient (Wildman–Crippen LogP) is 6.07. The average Bonchev–Trinajstić information content (AvgIpc) is 3.41.